The molecule has 0 atom stereocenters. The Balaban J connectivity index is 2.27. The van der Waals surface area contributed by atoms with Gasteiger partial charge in [0, 0.05) is 10.0 Å². The highest BCUT2D eigenvalue weighted by Gasteiger charge is 2.18. The van der Waals surface area contributed by atoms with Crippen molar-refractivity contribution in [3.05, 3.63) is 20.6 Å². The minimum atomic E-state index is -0.0612. The molecule has 1 aromatic rings. The van der Waals surface area contributed by atoms with Crippen LogP contribution in [-0.2, 0) is 4.79 Å². The lowest BCUT2D eigenvalue weighted by Gasteiger charge is -2.15. The van der Waals surface area contributed by atoms with Crippen molar-refractivity contribution in [2.75, 3.05) is 19.0 Å². The molecular weight excluding hydrogens is 462 g/mol. The highest BCUT2D eigenvalue weighted by Crippen LogP contribution is 2.42. The van der Waals surface area contributed by atoms with E-state index in [4.69, 9.17) is 9.47 Å². The largest absolute Gasteiger partial charge is 0.490 e. The van der Waals surface area contributed by atoms with Gasteiger partial charge in [-0.1, -0.05) is 18.7 Å². The minimum Gasteiger partial charge on any atom is -0.490 e. The number of amidine groups is 1. The summed E-state index contributed by atoms with van der Waals surface area (Å²) in [6.07, 6.45) is 2.50. The second kappa shape index (κ2) is 9.43. The molecule has 0 spiro atoms. The van der Waals surface area contributed by atoms with Crippen LogP contribution in [0.15, 0.2) is 25.2 Å². The zero-order valence-corrected chi connectivity index (χ0v) is 17.3. The van der Waals surface area contributed by atoms with Crippen LogP contribution in [-0.4, -0.2) is 36.3 Å². The normalized spacial score (nSPS) is 16.0. The third kappa shape index (κ3) is 4.97. The summed E-state index contributed by atoms with van der Waals surface area (Å²) < 4.78 is 13.0. The summed E-state index contributed by atoms with van der Waals surface area (Å²) >= 11 is 8.40. The van der Waals surface area contributed by atoms with E-state index < -0.39 is 0 Å². The lowest BCUT2D eigenvalue weighted by Crippen LogP contribution is -2.19. The molecule has 1 fully saturated rings. The molecule has 0 unspecified atom stereocenters. The van der Waals surface area contributed by atoms with Gasteiger partial charge in [0.05, 0.1) is 29.7 Å². The summed E-state index contributed by atoms with van der Waals surface area (Å²) in [6.45, 7) is 5.09. The second-order valence-electron chi connectivity index (χ2n) is 4.69. The fraction of sp³-hybridized carbons (Fsp3) is 0.400. The van der Waals surface area contributed by atoms with Gasteiger partial charge in [0.1, 0.15) is 0 Å². The Hall–Kier alpha value is -1.06. The van der Waals surface area contributed by atoms with Crippen molar-refractivity contribution < 1.29 is 14.3 Å². The molecule has 1 amide bonds. The quantitative estimate of drug-likeness (QED) is 0.475. The maximum absolute atomic E-state index is 11.1. The topological polar surface area (TPSA) is 72.3 Å². The molecule has 1 aromatic carbocycles. The van der Waals surface area contributed by atoms with E-state index in [2.05, 4.69) is 47.4 Å². The predicted molar refractivity (Wildman–Crippen MR) is 104 cm³/mol. The number of ether oxygens (including phenoxy) is 2. The van der Waals surface area contributed by atoms with Crippen LogP contribution in [0.25, 0.3) is 0 Å². The van der Waals surface area contributed by atoms with Crippen LogP contribution in [0, 0.1) is 0 Å². The number of hydrogen-bond acceptors (Lipinski definition) is 6. The summed E-state index contributed by atoms with van der Waals surface area (Å²) in [4.78, 5) is 11.1. The fourth-order valence-corrected chi connectivity index (χ4v) is 3.39. The fourth-order valence-electron chi connectivity index (χ4n) is 1.82. The standard InChI is InChI=1S/C15H17Br2N3O3S/c1-3-5-23-14-10(22-4-2)6-9(12(16)13(14)17)7-18-20-15-19-11(21)8-24-15/h6-7H,3-5,8H2,1-2H3,(H,19,20,21). The first-order valence-corrected chi connectivity index (χ1v) is 9.95. The van der Waals surface area contributed by atoms with Gasteiger partial charge in [0.2, 0.25) is 5.91 Å². The van der Waals surface area contributed by atoms with Crippen LogP contribution in [0.1, 0.15) is 25.8 Å². The number of amides is 1. The van der Waals surface area contributed by atoms with Crippen LogP contribution in [0.4, 0.5) is 0 Å². The number of benzene rings is 1. The van der Waals surface area contributed by atoms with Gasteiger partial charge in [0.15, 0.2) is 16.7 Å². The molecule has 24 heavy (non-hydrogen) atoms. The lowest BCUT2D eigenvalue weighted by molar-refractivity contribution is -0.116. The van der Waals surface area contributed by atoms with Gasteiger partial charge in [-0.05, 0) is 51.3 Å². The van der Waals surface area contributed by atoms with Gasteiger partial charge in [-0.3, -0.25) is 4.79 Å². The first kappa shape index (κ1) is 19.3. The maximum Gasteiger partial charge on any atom is 0.236 e. The number of carbonyl (C=O) groups excluding carboxylic acids is 1. The number of hydrogen-bond donors (Lipinski definition) is 1. The van der Waals surface area contributed by atoms with E-state index in [1.807, 2.05) is 19.9 Å². The summed E-state index contributed by atoms with van der Waals surface area (Å²) in [5, 5.41) is 11.2. The number of carbonyl (C=O) groups is 1. The third-order valence-corrected chi connectivity index (χ3v) is 5.84. The van der Waals surface area contributed by atoms with Crippen molar-refractivity contribution >= 4 is 60.9 Å². The van der Waals surface area contributed by atoms with Crippen molar-refractivity contribution in [1.29, 1.82) is 0 Å². The third-order valence-electron chi connectivity index (χ3n) is 2.84. The van der Waals surface area contributed by atoms with E-state index in [9.17, 15) is 4.79 Å². The van der Waals surface area contributed by atoms with E-state index >= 15 is 0 Å². The molecule has 0 aliphatic carbocycles. The molecule has 0 aromatic heterocycles. The smallest absolute Gasteiger partial charge is 0.236 e. The summed E-state index contributed by atoms with van der Waals surface area (Å²) in [5.74, 6) is 1.61. The van der Waals surface area contributed by atoms with Crippen molar-refractivity contribution in [1.82, 2.24) is 5.32 Å². The van der Waals surface area contributed by atoms with Crippen LogP contribution < -0.4 is 14.8 Å². The minimum absolute atomic E-state index is 0.0612. The summed E-state index contributed by atoms with van der Waals surface area (Å²) in [5.41, 5.74) is 0.785. The van der Waals surface area contributed by atoms with Gasteiger partial charge < -0.3 is 14.8 Å². The lowest BCUT2D eigenvalue weighted by atomic mass is 10.2. The van der Waals surface area contributed by atoms with Crippen LogP contribution in [0.3, 0.4) is 0 Å². The van der Waals surface area contributed by atoms with Gasteiger partial charge in [0.25, 0.3) is 0 Å². The molecule has 1 N–H and O–H groups in total. The number of nitrogens with zero attached hydrogens (tertiary/aromatic N) is 2. The highest BCUT2D eigenvalue weighted by molar-refractivity contribution is 9.13. The molecule has 1 aliphatic heterocycles. The van der Waals surface area contributed by atoms with Crippen molar-refractivity contribution in [2.24, 2.45) is 10.2 Å². The summed E-state index contributed by atoms with van der Waals surface area (Å²) in [7, 11) is 0. The molecule has 9 heteroatoms. The highest BCUT2D eigenvalue weighted by atomic mass is 79.9. The molecule has 0 bridgehead atoms. The molecule has 2 rings (SSSR count). The van der Waals surface area contributed by atoms with Gasteiger partial charge in [-0.2, -0.15) is 5.10 Å². The second-order valence-corrected chi connectivity index (χ2v) is 7.24. The monoisotopic (exact) mass is 477 g/mol. The average molecular weight is 479 g/mol. The average Bonchev–Trinajstić information content (AvgIpc) is 2.97. The molecule has 6 nitrogen and oxygen atoms in total. The Kier molecular flexibility index (Phi) is 7.57. The molecule has 0 radical (unpaired) electrons. The van der Waals surface area contributed by atoms with E-state index in [0.29, 0.717) is 35.6 Å². The Morgan fingerprint density at radius 3 is 2.75 bits per heavy atom. The van der Waals surface area contributed by atoms with Crippen LogP contribution in [0.2, 0.25) is 0 Å². The van der Waals surface area contributed by atoms with Gasteiger partial charge in [-0.25, -0.2) is 0 Å². The van der Waals surface area contributed by atoms with E-state index in [-0.39, 0.29) is 5.91 Å². The molecule has 1 heterocycles. The number of rotatable bonds is 7. The van der Waals surface area contributed by atoms with Crippen molar-refractivity contribution in [3.8, 4) is 11.5 Å². The number of nitrogens with one attached hydrogen (secondary N) is 1. The summed E-state index contributed by atoms with van der Waals surface area (Å²) in [6, 6.07) is 1.84. The number of halogens is 2. The van der Waals surface area contributed by atoms with Crippen LogP contribution in [0.5, 0.6) is 11.5 Å². The first-order chi connectivity index (χ1) is 11.6. The molecule has 130 valence electrons. The first-order valence-electron chi connectivity index (χ1n) is 7.38. The SMILES string of the molecule is CCCOc1c(OCC)cc(C=NN=C2NC(=O)CS2)c(Br)c1Br. The van der Waals surface area contributed by atoms with Gasteiger partial charge >= 0.3 is 0 Å². The zero-order chi connectivity index (χ0) is 17.5. The van der Waals surface area contributed by atoms with Crippen molar-refractivity contribution in [3.63, 3.8) is 0 Å². The molecule has 0 saturated carbocycles. The van der Waals surface area contributed by atoms with Gasteiger partial charge in [-0.15, -0.1) is 5.10 Å². The molecule has 1 aliphatic rings. The Morgan fingerprint density at radius 1 is 1.33 bits per heavy atom. The van der Waals surface area contributed by atoms with E-state index in [0.717, 1.165) is 20.9 Å². The Morgan fingerprint density at radius 2 is 2.12 bits per heavy atom. The Labute approximate surface area is 161 Å². The molecular formula is C15H17Br2N3O3S. The predicted octanol–water partition coefficient (Wildman–Crippen LogP) is 3.95. The van der Waals surface area contributed by atoms with Crippen LogP contribution >= 0.6 is 43.6 Å². The van der Waals surface area contributed by atoms with E-state index in [1.54, 1.807) is 6.21 Å². The number of thioether (sulfide) groups is 1. The van der Waals surface area contributed by atoms with Crippen molar-refractivity contribution in [2.45, 2.75) is 20.3 Å². The molecule has 1 saturated heterocycles. The maximum atomic E-state index is 11.1. The Bertz CT molecular complexity index is 680. The van der Waals surface area contributed by atoms with E-state index in [1.165, 1.54) is 11.8 Å². The zero-order valence-electron chi connectivity index (χ0n) is 13.3.